The van der Waals surface area contributed by atoms with E-state index in [-0.39, 0.29) is 5.97 Å². The van der Waals surface area contributed by atoms with Crippen molar-refractivity contribution in [2.45, 2.75) is 46.5 Å². The number of hydrogen-bond donors (Lipinski definition) is 0. The molecule has 156 valence electrons. The van der Waals surface area contributed by atoms with E-state index in [0.29, 0.717) is 12.2 Å². The van der Waals surface area contributed by atoms with Crippen LogP contribution in [0.15, 0.2) is 35.3 Å². The first kappa shape index (κ1) is 21.3. The summed E-state index contributed by atoms with van der Waals surface area (Å²) in [6.07, 6.45) is 6.16. The summed E-state index contributed by atoms with van der Waals surface area (Å²) in [4.78, 5) is 18.7. The smallest absolute Gasteiger partial charge is 0.341 e. The van der Waals surface area contributed by atoms with Gasteiger partial charge in [0.1, 0.15) is 5.00 Å². The minimum atomic E-state index is -0.242. The number of fused-ring (bicyclic) bond motifs is 1. The van der Waals surface area contributed by atoms with Gasteiger partial charge in [0.2, 0.25) is 0 Å². The van der Waals surface area contributed by atoms with Crippen LogP contribution in [0.3, 0.4) is 0 Å². The summed E-state index contributed by atoms with van der Waals surface area (Å²) >= 11 is 3.96. The van der Waals surface area contributed by atoms with Crippen molar-refractivity contribution < 1.29 is 9.53 Å². The monoisotopic (exact) mass is 532 g/mol. The van der Waals surface area contributed by atoms with Crippen LogP contribution in [0.2, 0.25) is 0 Å². The van der Waals surface area contributed by atoms with Crippen molar-refractivity contribution in [3.63, 3.8) is 0 Å². The van der Waals surface area contributed by atoms with Crippen molar-refractivity contribution in [1.82, 2.24) is 4.57 Å². The maximum atomic E-state index is 12.7. The topological polar surface area (TPSA) is 43.6 Å². The molecule has 0 fully saturated rings. The molecular weight excluding hydrogens is 507 g/mol. The van der Waals surface area contributed by atoms with Crippen LogP contribution >= 0.6 is 33.9 Å². The lowest BCUT2D eigenvalue weighted by atomic mass is 9.95. The average molecular weight is 532 g/mol. The van der Waals surface area contributed by atoms with Crippen molar-refractivity contribution in [3.8, 4) is 5.69 Å². The second kappa shape index (κ2) is 9.06. The first-order valence-electron chi connectivity index (χ1n) is 10.3. The van der Waals surface area contributed by atoms with Gasteiger partial charge in [-0.25, -0.2) is 9.79 Å². The predicted molar refractivity (Wildman–Crippen MR) is 132 cm³/mol. The highest BCUT2D eigenvalue weighted by Gasteiger charge is 2.26. The molecule has 2 aromatic heterocycles. The molecule has 0 saturated carbocycles. The molecule has 0 bridgehead atoms. The fourth-order valence-electron chi connectivity index (χ4n) is 4.09. The van der Waals surface area contributed by atoms with E-state index in [1.165, 1.54) is 14.9 Å². The molecule has 1 aliphatic rings. The van der Waals surface area contributed by atoms with Gasteiger partial charge in [-0.2, -0.15) is 0 Å². The van der Waals surface area contributed by atoms with Crippen LogP contribution in [0.25, 0.3) is 5.69 Å². The van der Waals surface area contributed by atoms with E-state index in [1.807, 2.05) is 13.1 Å². The fourth-order valence-corrected chi connectivity index (χ4v) is 5.67. The molecule has 1 aliphatic carbocycles. The highest BCUT2D eigenvalue weighted by atomic mass is 127. The van der Waals surface area contributed by atoms with Gasteiger partial charge < -0.3 is 9.30 Å². The maximum absolute atomic E-state index is 12.7. The Morgan fingerprint density at radius 3 is 2.70 bits per heavy atom. The molecule has 2 heterocycles. The summed E-state index contributed by atoms with van der Waals surface area (Å²) in [5, 5.41) is 0.777. The van der Waals surface area contributed by atoms with Gasteiger partial charge in [0.05, 0.1) is 12.2 Å². The van der Waals surface area contributed by atoms with E-state index >= 15 is 0 Å². The molecule has 0 spiro atoms. The van der Waals surface area contributed by atoms with Crippen LogP contribution in [0.4, 0.5) is 5.00 Å². The van der Waals surface area contributed by atoms with Crippen molar-refractivity contribution in [3.05, 3.63) is 66.9 Å². The number of aromatic nitrogens is 1. The van der Waals surface area contributed by atoms with E-state index in [9.17, 15) is 4.79 Å². The minimum Gasteiger partial charge on any atom is -0.462 e. The van der Waals surface area contributed by atoms with Gasteiger partial charge in [-0.1, -0.05) is 0 Å². The van der Waals surface area contributed by atoms with Crippen molar-refractivity contribution in [1.29, 1.82) is 0 Å². The van der Waals surface area contributed by atoms with Gasteiger partial charge in [0, 0.05) is 37.3 Å². The molecular formula is C24H25IN2O2S. The molecule has 30 heavy (non-hydrogen) atoms. The largest absolute Gasteiger partial charge is 0.462 e. The number of carbonyl (C=O) groups is 1. The molecule has 0 N–H and O–H groups in total. The summed E-state index contributed by atoms with van der Waals surface area (Å²) in [6, 6.07) is 10.6. The Balaban J connectivity index is 1.71. The third kappa shape index (κ3) is 4.12. The first-order chi connectivity index (χ1) is 14.5. The number of ether oxygens (including phenoxy) is 1. The zero-order valence-corrected chi connectivity index (χ0v) is 20.5. The summed E-state index contributed by atoms with van der Waals surface area (Å²) in [7, 11) is 0. The third-order valence-electron chi connectivity index (χ3n) is 5.51. The number of hydrogen-bond acceptors (Lipinski definition) is 4. The summed E-state index contributed by atoms with van der Waals surface area (Å²) in [5.41, 5.74) is 6.33. The molecule has 0 atom stereocenters. The molecule has 4 rings (SSSR count). The molecule has 0 radical (unpaired) electrons. The van der Waals surface area contributed by atoms with Gasteiger partial charge in [0.25, 0.3) is 0 Å². The molecule has 3 aromatic rings. The number of esters is 1. The molecule has 4 nitrogen and oxygen atoms in total. The fraction of sp³-hybridized carbons (Fsp3) is 0.333. The Kier molecular flexibility index (Phi) is 6.43. The maximum Gasteiger partial charge on any atom is 0.341 e. The van der Waals surface area contributed by atoms with Gasteiger partial charge in [0.15, 0.2) is 0 Å². The van der Waals surface area contributed by atoms with Gasteiger partial charge in [-0.3, -0.25) is 0 Å². The Bertz CT molecular complexity index is 1110. The molecule has 0 amide bonds. The Morgan fingerprint density at radius 1 is 1.23 bits per heavy atom. The van der Waals surface area contributed by atoms with Crippen LogP contribution in [0.1, 0.15) is 57.5 Å². The summed E-state index contributed by atoms with van der Waals surface area (Å²) in [5.74, 6) is -0.242. The Labute approximate surface area is 195 Å². The molecule has 0 aliphatic heterocycles. The number of rotatable bonds is 5. The van der Waals surface area contributed by atoms with E-state index in [2.05, 4.69) is 71.3 Å². The van der Waals surface area contributed by atoms with Crippen LogP contribution in [0, 0.1) is 17.4 Å². The van der Waals surface area contributed by atoms with E-state index in [0.717, 1.165) is 52.5 Å². The van der Waals surface area contributed by atoms with Crippen LogP contribution in [-0.2, 0) is 17.6 Å². The minimum absolute atomic E-state index is 0.242. The zero-order valence-electron chi connectivity index (χ0n) is 17.5. The predicted octanol–water partition coefficient (Wildman–Crippen LogP) is 6.57. The molecule has 0 unspecified atom stereocenters. The molecule has 1 aromatic carbocycles. The van der Waals surface area contributed by atoms with Gasteiger partial charge >= 0.3 is 5.97 Å². The van der Waals surface area contributed by atoms with Crippen molar-refractivity contribution in [2.75, 3.05) is 6.61 Å². The lowest BCUT2D eigenvalue weighted by Crippen LogP contribution is -2.09. The van der Waals surface area contributed by atoms with E-state index < -0.39 is 0 Å². The Morgan fingerprint density at radius 2 is 1.97 bits per heavy atom. The van der Waals surface area contributed by atoms with E-state index in [4.69, 9.17) is 9.73 Å². The number of nitrogens with zero attached hydrogens (tertiary/aromatic N) is 2. The van der Waals surface area contributed by atoms with Crippen molar-refractivity contribution in [2.24, 2.45) is 4.99 Å². The van der Waals surface area contributed by atoms with Crippen LogP contribution < -0.4 is 0 Å². The molecule has 0 saturated heterocycles. The second-order valence-electron chi connectivity index (χ2n) is 7.51. The Hall–Kier alpha value is -1.93. The standard InChI is InChI=1S/C24H25IN2O2S/c1-4-29-24(28)22-20-7-5-6-8-21(20)30-23(22)26-14-17-13-15(2)27(16(17)3)19-11-9-18(25)10-12-19/h9-14H,4-8H2,1-3H3. The van der Waals surface area contributed by atoms with Crippen LogP contribution in [0.5, 0.6) is 0 Å². The number of aryl methyl sites for hydroxylation is 2. The number of benzene rings is 1. The quantitative estimate of drug-likeness (QED) is 0.212. The highest BCUT2D eigenvalue weighted by molar-refractivity contribution is 14.1. The third-order valence-corrected chi connectivity index (χ3v) is 7.43. The molecule has 6 heteroatoms. The number of thiophene rings is 1. The highest BCUT2D eigenvalue weighted by Crippen LogP contribution is 2.40. The van der Waals surface area contributed by atoms with Crippen LogP contribution in [-0.4, -0.2) is 23.4 Å². The van der Waals surface area contributed by atoms with Gasteiger partial charge in [-0.15, -0.1) is 11.3 Å². The first-order valence-corrected chi connectivity index (χ1v) is 12.2. The summed E-state index contributed by atoms with van der Waals surface area (Å²) in [6.45, 7) is 6.44. The SMILES string of the molecule is CCOC(=O)c1c(N=Cc2cc(C)n(-c3ccc(I)cc3)c2C)sc2c1CCCC2. The van der Waals surface area contributed by atoms with Gasteiger partial charge in [-0.05, 0) is 105 Å². The number of carbonyl (C=O) groups excluding carboxylic acids is 1. The second-order valence-corrected chi connectivity index (χ2v) is 9.84. The van der Waals surface area contributed by atoms with Crippen molar-refractivity contribution >= 4 is 51.1 Å². The number of aliphatic imine (C=N–C) groups is 1. The lowest BCUT2D eigenvalue weighted by molar-refractivity contribution is 0.0526. The lowest BCUT2D eigenvalue weighted by Gasteiger charge is -2.11. The van der Waals surface area contributed by atoms with E-state index in [1.54, 1.807) is 11.3 Å². The zero-order chi connectivity index (χ0) is 21.3. The number of halogens is 1. The average Bonchev–Trinajstić information content (AvgIpc) is 3.24. The summed E-state index contributed by atoms with van der Waals surface area (Å²) < 4.78 is 8.80. The normalized spacial score (nSPS) is 13.6.